The van der Waals surface area contributed by atoms with Gasteiger partial charge in [-0.1, -0.05) is 48.4 Å². The Labute approximate surface area is 145 Å². The number of benzene rings is 2. The number of carbonyl (C=O) groups excluding carboxylic acids is 1. The molecule has 1 atom stereocenters. The summed E-state index contributed by atoms with van der Waals surface area (Å²) in [7, 11) is 0. The van der Waals surface area contributed by atoms with Crippen LogP contribution >= 0.6 is 0 Å². The van der Waals surface area contributed by atoms with Crippen molar-refractivity contribution in [3.63, 3.8) is 0 Å². The standard InChI is InChI=1S/C21H27NO2/c1-6-19(18-9-7-14(2)11-16(18)4)22-21(23)13-24-20-10-8-15(3)12-17(20)5/h7-12,19H,6,13H2,1-5H3,(H,22,23)/t19-/m0/s1. The second kappa shape index (κ2) is 8.00. The van der Waals surface area contributed by atoms with Crippen molar-refractivity contribution in [2.24, 2.45) is 0 Å². The molecule has 0 saturated heterocycles. The third-order valence-electron chi connectivity index (χ3n) is 4.23. The molecule has 2 rings (SSSR count). The first-order valence-electron chi connectivity index (χ1n) is 8.47. The van der Waals surface area contributed by atoms with E-state index >= 15 is 0 Å². The molecule has 3 nitrogen and oxygen atoms in total. The third-order valence-corrected chi connectivity index (χ3v) is 4.23. The molecular weight excluding hydrogens is 298 g/mol. The summed E-state index contributed by atoms with van der Waals surface area (Å²) in [5.74, 6) is 0.664. The summed E-state index contributed by atoms with van der Waals surface area (Å²) in [6.07, 6.45) is 0.846. The quantitative estimate of drug-likeness (QED) is 0.845. The van der Waals surface area contributed by atoms with Gasteiger partial charge in [-0.05, 0) is 56.9 Å². The van der Waals surface area contributed by atoms with Crippen molar-refractivity contribution in [1.82, 2.24) is 5.32 Å². The predicted molar refractivity (Wildman–Crippen MR) is 98.5 cm³/mol. The van der Waals surface area contributed by atoms with Crippen molar-refractivity contribution >= 4 is 5.91 Å². The Morgan fingerprint density at radius 1 is 1.00 bits per heavy atom. The molecule has 2 aromatic carbocycles. The number of amides is 1. The van der Waals surface area contributed by atoms with Gasteiger partial charge in [-0.3, -0.25) is 4.79 Å². The minimum atomic E-state index is -0.0956. The normalized spacial score (nSPS) is 11.9. The topological polar surface area (TPSA) is 38.3 Å². The van der Waals surface area contributed by atoms with E-state index in [9.17, 15) is 4.79 Å². The summed E-state index contributed by atoms with van der Waals surface area (Å²) in [6, 6.07) is 12.3. The second-order valence-electron chi connectivity index (χ2n) is 6.45. The SMILES string of the molecule is CC[C@H](NC(=O)COc1ccc(C)cc1C)c1ccc(C)cc1C. The highest BCUT2D eigenvalue weighted by Gasteiger charge is 2.15. The lowest BCUT2D eigenvalue weighted by Crippen LogP contribution is -2.32. The molecule has 0 unspecified atom stereocenters. The van der Waals surface area contributed by atoms with Gasteiger partial charge in [-0.2, -0.15) is 0 Å². The van der Waals surface area contributed by atoms with E-state index in [1.54, 1.807) is 0 Å². The van der Waals surface area contributed by atoms with Crippen molar-refractivity contribution in [3.05, 3.63) is 64.2 Å². The zero-order valence-corrected chi connectivity index (χ0v) is 15.3. The van der Waals surface area contributed by atoms with Crippen molar-refractivity contribution in [1.29, 1.82) is 0 Å². The van der Waals surface area contributed by atoms with Crippen LogP contribution in [0.25, 0.3) is 0 Å². The monoisotopic (exact) mass is 325 g/mol. The summed E-state index contributed by atoms with van der Waals surface area (Å²) in [6.45, 7) is 10.3. The summed E-state index contributed by atoms with van der Waals surface area (Å²) >= 11 is 0. The van der Waals surface area contributed by atoms with Crippen molar-refractivity contribution in [2.75, 3.05) is 6.61 Å². The largest absolute Gasteiger partial charge is 0.484 e. The molecule has 0 heterocycles. The van der Waals surface area contributed by atoms with Crippen LogP contribution in [0, 0.1) is 27.7 Å². The van der Waals surface area contributed by atoms with E-state index in [4.69, 9.17) is 4.74 Å². The Hall–Kier alpha value is -2.29. The van der Waals surface area contributed by atoms with E-state index in [0.29, 0.717) is 0 Å². The molecule has 0 radical (unpaired) electrons. The molecule has 3 heteroatoms. The van der Waals surface area contributed by atoms with Gasteiger partial charge in [0, 0.05) is 0 Å². The van der Waals surface area contributed by atoms with Crippen LogP contribution in [0.3, 0.4) is 0 Å². The first kappa shape index (κ1) is 18.1. The summed E-state index contributed by atoms with van der Waals surface area (Å²) in [5.41, 5.74) is 5.84. The van der Waals surface area contributed by atoms with Crippen LogP contribution in [0.15, 0.2) is 36.4 Å². The van der Waals surface area contributed by atoms with Crippen LogP contribution in [-0.2, 0) is 4.79 Å². The van der Waals surface area contributed by atoms with Crippen LogP contribution in [-0.4, -0.2) is 12.5 Å². The Kier molecular flexibility index (Phi) is 6.02. The number of hydrogen-bond acceptors (Lipinski definition) is 2. The lowest BCUT2D eigenvalue weighted by atomic mass is 9.97. The van der Waals surface area contributed by atoms with Gasteiger partial charge in [-0.15, -0.1) is 0 Å². The summed E-state index contributed by atoms with van der Waals surface area (Å²) in [5, 5.41) is 3.08. The molecule has 24 heavy (non-hydrogen) atoms. The number of carbonyl (C=O) groups is 1. The summed E-state index contributed by atoms with van der Waals surface area (Å²) in [4.78, 5) is 12.3. The Bertz CT molecular complexity index is 722. The number of nitrogens with one attached hydrogen (secondary N) is 1. The lowest BCUT2D eigenvalue weighted by molar-refractivity contribution is -0.123. The first-order valence-corrected chi connectivity index (χ1v) is 8.47. The first-order chi connectivity index (χ1) is 11.4. The van der Waals surface area contributed by atoms with Crippen molar-refractivity contribution in [3.8, 4) is 5.75 Å². The van der Waals surface area contributed by atoms with Crippen LogP contribution in [0.1, 0.15) is 47.2 Å². The molecule has 0 aliphatic rings. The van der Waals surface area contributed by atoms with E-state index in [1.165, 1.54) is 22.3 Å². The number of rotatable bonds is 6. The van der Waals surface area contributed by atoms with Gasteiger partial charge in [0.05, 0.1) is 6.04 Å². The highest BCUT2D eigenvalue weighted by atomic mass is 16.5. The van der Waals surface area contributed by atoms with Crippen LogP contribution in [0.4, 0.5) is 0 Å². The molecule has 0 saturated carbocycles. The average molecular weight is 325 g/mol. The zero-order valence-electron chi connectivity index (χ0n) is 15.3. The third kappa shape index (κ3) is 4.60. The van der Waals surface area contributed by atoms with E-state index < -0.39 is 0 Å². The molecule has 0 fully saturated rings. The van der Waals surface area contributed by atoms with Gasteiger partial charge in [0.2, 0.25) is 0 Å². The smallest absolute Gasteiger partial charge is 0.258 e. The molecule has 0 aliphatic carbocycles. The number of hydrogen-bond donors (Lipinski definition) is 1. The van der Waals surface area contributed by atoms with E-state index in [-0.39, 0.29) is 18.6 Å². The molecule has 128 valence electrons. The second-order valence-corrected chi connectivity index (χ2v) is 6.45. The maximum atomic E-state index is 12.3. The molecular formula is C21H27NO2. The van der Waals surface area contributed by atoms with E-state index in [1.807, 2.05) is 26.0 Å². The van der Waals surface area contributed by atoms with Gasteiger partial charge >= 0.3 is 0 Å². The van der Waals surface area contributed by atoms with Gasteiger partial charge < -0.3 is 10.1 Å². The molecule has 1 amide bonds. The minimum absolute atomic E-state index is 0.0146. The Balaban J connectivity index is 1.99. The molecule has 0 aliphatic heterocycles. The van der Waals surface area contributed by atoms with Crippen molar-refractivity contribution in [2.45, 2.75) is 47.1 Å². The van der Waals surface area contributed by atoms with Gasteiger partial charge in [-0.25, -0.2) is 0 Å². The Morgan fingerprint density at radius 3 is 2.21 bits per heavy atom. The Morgan fingerprint density at radius 2 is 1.62 bits per heavy atom. The fourth-order valence-corrected chi connectivity index (χ4v) is 2.96. The maximum Gasteiger partial charge on any atom is 0.258 e. The van der Waals surface area contributed by atoms with Crippen LogP contribution in [0.2, 0.25) is 0 Å². The van der Waals surface area contributed by atoms with Crippen molar-refractivity contribution < 1.29 is 9.53 Å². The zero-order chi connectivity index (χ0) is 17.7. The molecule has 0 spiro atoms. The van der Waals surface area contributed by atoms with Crippen LogP contribution < -0.4 is 10.1 Å². The van der Waals surface area contributed by atoms with Gasteiger partial charge in [0.15, 0.2) is 6.61 Å². The fraction of sp³-hybridized carbons (Fsp3) is 0.381. The highest BCUT2D eigenvalue weighted by Crippen LogP contribution is 2.22. The van der Waals surface area contributed by atoms with E-state index in [2.05, 4.69) is 50.4 Å². The number of aryl methyl sites for hydroxylation is 4. The lowest BCUT2D eigenvalue weighted by Gasteiger charge is -2.20. The van der Waals surface area contributed by atoms with Gasteiger partial charge in [0.1, 0.15) is 5.75 Å². The number of ether oxygens (including phenoxy) is 1. The highest BCUT2D eigenvalue weighted by molar-refractivity contribution is 5.78. The molecule has 2 aromatic rings. The molecule has 1 N–H and O–H groups in total. The molecule has 0 aromatic heterocycles. The maximum absolute atomic E-state index is 12.3. The van der Waals surface area contributed by atoms with Gasteiger partial charge in [0.25, 0.3) is 5.91 Å². The van der Waals surface area contributed by atoms with Crippen LogP contribution in [0.5, 0.6) is 5.75 Å². The fourth-order valence-electron chi connectivity index (χ4n) is 2.96. The molecule has 0 bridgehead atoms. The average Bonchev–Trinajstić information content (AvgIpc) is 2.52. The van der Waals surface area contributed by atoms with E-state index in [0.717, 1.165) is 17.7 Å². The minimum Gasteiger partial charge on any atom is -0.484 e. The summed E-state index contributed by atoms with van der Waals surface area (Å²) < 4.78 is 5.67. The predicted octanol–water partition coefficient (Wildman–Crippen LogP) is 4.57.